The van der Waals surface area contributed by atoms with Gasteiger partial charge in [0.1, 0.15) is 5.75 Å². The van der Waals surface area contributed by atoms with Crippen LogP contribution in [0.1, 0.15) is 5.56 Å². The van der Waals surface area contributed by atoms with E-state index < -0.39 is 0 Å². The summed E-state index contributed by atoms with van der Waals surface area (Å²) in [5, 5.41) is 15.3. The number of hydrogen-bond acceptors (Lipinski definition) is 4. The molecule has 0 amide bonds. The lowest BCUT2D eigenvalue weighted by atomic mass is 10.2. The van der Waals surface area contributed by atoms with Crippen LogP contribution in [0.3, 0.4) is 0 Å². The van der Waals surface area contributed by atoms with E-state index in [2.05, 4.69) is 20.8 Å². The van der Waals surface area contributed by atoms with Crippen LogP contribution in [-0.4, -0.2) is 15.3 Å². The largest absolute Gasteiger partial charge is 0.438 e. The monoisotopic (exact) mass is 370 g/mol. The van der Waals surface area contributed by atoms with Gasteiger partial charge < -0.3 is 15.4 Å². The Balaban J connectivity index is 1.50. The molecule has 0 aliphatic rings. The van der Waals surface area contributed by atoms with Crippen LogP contribution in [0.4, 0.5) is 5.82 Å². The Kier molecular flexibility index (Phi) is 5.77. The van der Waals surface area contributed by atoms with E-state index in [1.54, 1.807) is 12.1 Å². The molecule has 1 aromatic heterocycles. The first-order valence-corrected chi connectivity index (χ1v) is 8.33. The van der Waals surface area contributed by atoms with E-state index in [9.17, 15) is 0 Å². The topological polar surface area (TPSA) is 59.1 Å². The van der Waals surface area contributed by atoms with Crippen molar-refractivity contribution in [3.63, 3.8) is 0 Å². The molecule has 0 fully saturated rings. The van der Waals surface area contributed by atoms with Gasteiger partial charge in [-0.15, -0.1) is 10.2 Å². The summed E-state index contributed by atoms with van der Waals surface area (Å²) in [7, 11) is 0. The van der Waals surface area contributed by atoms with Gasteiger partial charge in [0.25, 0.3) is 0 Å². The van der Waals surface area contributed by atoms with Gasteiger partial charge in [0.15, 0.2) is 10.9 Å². The predicted octanol–water partition coefficient (Wildman–Crippen LogP) is 4.41. The number of thiocarbonyl (C=S) groups is 1. The van der Waals surface area contributed by atoms with Crippen molar-refractivity contribution in [2.75, 3.05) is 5.32 Å². The summed E-state index contributed by atoms with van der Waals surface area (Å²) in [4.78, 5) is 0. The van der Waals surface area contributed by atoms with E-state index in [0.717, 1.165) is 5.56 Å². The summed E-state index contributed by atoms with van der Waals surface area (Å²) in [5.41, 5.74) is 1.08. The molecule has 2 N–H and O–H groups in total. The third-order valence-electron chi connectivity index (χ3n) is 3.21. The van der Waals surface area contributed by atoms with Crippen molar-refractivity contribution in [1.82, 2.24) is 15.5 Å². The number of hydrogen-bond donors (Lipinski definition) is 2. The fourth-order valence-electron chi connectivity index (χ4n) is 2.00. The van der Waals surface area contributed by atoms with Gasteiger partial charge in [-0.25, -0.2) is 0 Å². The highest BCUT2D eigenvalue weighted by molar-refractivity contribution is 7.80. The van der Waals surface area contributed by atoms with Gasteiger partial charge >= 0.3 is 0 Å². The fraction of sp³-hybridized carbons (Fsp3) is 0.0556. The summed E-state index contributed by atoms with van der Waals surface area (Å²) in [6, 6.07) is 20.4. The molecule has 0 aliphatic carbocycles. The van der Waals surface area contributed by atoms with Gasteiger partial charge in [-0.05, 0) is 48.1 Å². The lowest BCUT2D eigenvalue weighted by Gasteiger charge is -2.10. The van der Waals surface area contributed by atoms with Crippen LogP contribution in [0.15, 0.2) is 66.7 Å². The van der Waals surface area contributed by atoms with Crippen LogP contribution < -0.4 is 15.4 Å². The fourth-order valence-corrected chi connectivity index (χ4v) is 2.30. The van der Waals surface area contributed by atoms with E-state index in [-0.39, 0.29) is 0 Å². The zero-order valence-electron chi connectivity index (χ0n) is 13.1. The highest BCUT2D eigenvalue weighted by Crippen LogP contribution is 2.18. The van der Waals surface area contributed by atoms with Crippen LogP contribution in [0.5, 0.6) is 11.6 Å². The molecular formula is C18H15ClN4OS. The van der Waals surface area contributed by atoms with Gasteiger partial charge in [0.2, 0.25) is 5.88 Å². The molecular weight excluding hydrogens is 356 g/mol. The van der Waals surface area contributed by atoms with E-state index in [1.165, 1.54) is 0 Å². The normalized spacial score (nSPS) is 10.1. The number of aromatic nitrogens is 2. The zero-order chi connectivity index (χ0) is 17.5. The predicted molar refractivity (Wildman–Crippen MR) is 103 cm³/mol. The third kappa shape index (κ3) is 5.41. The van der Waals surface area contributed by atoms with E-state index in [4.69, 9.17) is 28.6 Å². The van der Waals surface area contributed by atoms with Crippen LogP contribution in [0.25, 0.3) is 0 Å². The maximum Gasteiger partial charge on any atom is 0.238 e. The Bertz CT molecular complexity index is 826. The first-order chi connectivity index (χ1) is 12.2. The minimum atomic E-state index is 0.414. The SMILES string of the molecule is S=C(NCc1ccc(Cl)cc1)Nc1ccc(Oc2ccccc2)nn1. The minimum Gasteiger partial charge on any atom is -0.438 e. The molecule has 3 aromatic rings. The van der Waals surface area contributed by atoms with Crippen molar-refractivity contribution in [2.24, 2.45) is 0 Å². The van der Waals surface area contributed by atoms with Crippen molar-refractivity contribution in [1.29, 1.82) is 0 Å². The van der Waals surface area contributed by atoms with Gasteiger partial charge in [0.05, 0.1) is 0 Å². The maximum atomic E-state index is 5.86. The number of nitrogens with zero attached hydrogens (tertiary/aromatic N) is 2. The van der Waals surface area contributed by atoms with E-state index in [0.29, 0.717) is 34.1 Å². The standard InChI is InChI=1S/C18H15ClN4OS/c19-14-8-6-13(7-9-14)12-20-18(25)21-16-10-11-17(23-22-16)24-15-4-2-1-3-5-15/h1-11H,12H2,(H2,20,21,22,25). The molecule has 3 rings (SSSR count). The summed E-state index contributed by atoms with van der Waals surface area (Å²) < 4.78 is 5.59. The average molecular weight is 371 g/mol. The molecule has 25 heavy (non-hydrogen) atoms. The van der Waals surface area contributed by atoms with Gasteiger partial charge in [-0.1, -0.05) is 41.9 Å². The molecule has 0 spiro atoms. The Labute approximate surface area is 156 Å². The highest BCUT2D eigenvalue weighted by atomic mass is 35.5. The molecule has 0 aliphatic heterocycles. The Morgan fingerprint density at radius 2 is 1.72 bits per heavy atom. The van der Waals surface area contributed by atoms with Gasteiger partial charge in [0, 0.05) is 17.6 Å². The van der Waals surface area contributed by atoms with Crippen LogP contribution in [0.2, 0.25) is 5.02 Å². The van der Waals surface area contributed by atoms with Crippen molar-refractivity contribution in [3.8, 4) is 11.6 Å². The molecule has 0 saturated carbocycles. The number of nitrogens with one attached hydrogen (secondary N) is 2. The quantitative estimate of drug-likeness (QED) is 0.649. The molecule has 2 aromatic carbocycles. The minimum absolute atomic E-state index is 0.414. The first kappa shape index (κ1) is 17.1. The molecule has 7 heteroatoms. The Morgan fingerprint density at radius 1 is 0.960 bits per heavy atom. The first-order valence-electron chi connectivity index (χ1n) is 7.55. The van der Waals surface area contributed by atoms with Crippen LogP contribution >= 0.6 is 23.8 Å². The van der Waals surface area contributed by atoms with Crippen LogP contribution in [0, 0.1) is 0 Å². The molecule has 0 saturated heterocycles. The summed E-state index contributed by atoms with van der Waals surface area (Å²) in [6.45, 7) is 0.589. The molecule has 5 nitrogen and oxygen atoms in total. The number of rotatable bonds is 5. The van der Waals surface area contributed by atoms with Crippen LogP contribution in [-0.2, 0) is 6.54 Å². The van der Waals surface area contributed by atoms with Gasteiger partial charge in [-0.3, -0.25) is 0 Å². The van der Waals surface area contributed by atoms with Crippen molar-refractivity contribution in [2.45, 2.75) is 6.54 Å². The number of anilines is 1. The van der Waals surface area contributed by atoms with Crippen molar-refractivity contribution < 1.29 is 4.74 Å². The third-order valence-corrected chi connectivity index (χ3v) is 3.71. The average Bonchev–Trinajstić information content (AvgIpc) is 2.64. The maximum absolute atomic E-state index is 5.86. The summed E-state index contributed by atoms with van der Waals surface area (Å²) >= 11 is 11.1. The lowest BCUT2D eigenvalue weighted by molar-refractivity contribution is 0.455. The Hall–Kier alpha value is -2.70. The second-order valence-electron chi connectivity index (χ2n) is 5.11. The number of halogens is 1. The van der Waals surface area contributed by atoms with Crippen molar-refractivity contribution >= 4 is 34.7 Å². The molecule has 0 radical (unpaired) electrons. The molecule has 0 unspecified atom stereocenters. The number of ether oxygens (including phenoxy) is 1. The summed E-state index contributed by atoms with van der Waals surface area (Å²) in [5.74, 6) is 1.66. The molecule has 1 heterocycles. The van der Waals surface area contributed by atoms with E-state index in [1.807, 2.05) is 54.6 Å². The molecule has 126 valence electrons. The summed E-state index contributed by atoms with van der Waals surface area (Å²) in [6.07, 6.45) is 0. The molecule has 0 bridgehead atoms. The molecule has 0 atom stereocenters. The smallest absolute Gasteiger partial charge is 0.238 e. The van der Waals surface area contributed by atoms with E-state index >= 15 is 0 Å². The second kappa shape index (κ2) is 8.41. The highest BCUT2D eigenvalue weighted by Gasteiger charge is 2.03. The zero-order valence-corrected chi connectivity index (χ0v) is 14.7. The number of benzene rings is 2. The lowest BCUT2D eigenvalue weighted by Crippen LogP contribution is -2.28. The van der Waals surface area contributed by atoms with Gasteiger partial charge in [-0.2, -0.15) is 0 Å². The second-order valence-corrected chi connectivity index (χ2v) is 5.95. The Morgan fingerprint density at radius 3 is 2.40 bits per heavy atom. The number of para-hydroxylation sites is 1. The van der Waals surface area contributed by atoms with Crippen molar-refractivity contribution in [3.05, 3.63) is 77.3 Å².